The largest absolute Gasteiger partial charge is 0.481 e. The molecule has 0 aromatic heterocycles. The maximum Gasteiger partial charge on any atom is 0.405 e. The van der Waals surface area contributed by atoms with E-state index >= 15 is 0 Å². The van der Waals surface area contributed by atoms with Crippen molar-refractivity contribution in [1.82, 2.24) is 0 Å². The lowest BCUT2D eigenvalue weighted by molar-refractivity contribution is -0.157. The van der Waals surface area contributed by atoms with E-state index in [0.717, 1.165) is 6.42 Å². The van der Waals surface area contributed by atoms with Crippen LogP contribution in [0.15, 0.2) is 24.3 Å². The van der Waals surface area contributed by atoms with Crippen molar-refractivity contribution in [3.63, 3.8) is 0 Å². The Morgan fingerprint density at radius 2 is 1.78 bits per heavy atom. The fraction of sp³-hybridized carbons (Fsp3) is 0.467. The molecule has 0 unspecified atom stereocenters. The van der Waals surface area contributed by atoms with E-state index in [1.54, 1.807) is 12.1 Å². The number of carbonyl (C=O) groups excluding carboxylic acids is 1. The van der Waals surface area contributed by atoms with Crippen molar-refractivity contribution in [3.05, 3.63) is 24.3 Å². The molecule has 3 N–H and O–H groups in total. The van der Waals surface area contributed by atoms with Gasteiger partial charge in [-0.2, -0.15) is 13.2 Å². The highest BCUT2D eigenvalue weighted by molar-refractivity contribution is 5.97. The number of carboxylic acids is 1. The minimum atomic E-state index is -4.38. The molecule has 8 heteroatoms. The number of anilines is 2. The summed E-state index contributed by atoms with van der Waals surface area (Å²) in [6.45, 7) is -1.22. The van der Waals surface area contributed by atoms with Crippen LogP contribution in [-0.2, 0) is 9.59 Å². The van der Waals surface area contributed by atoms with Crippen molar-refractivity contribution >= 4 is 23.3 Å². The van der Waals surface area contributed by atoms with Gasteiger partial charge in [-0.05, 0) is 25.0 Å². The van der Waals surface area contributed by atoms with Gasteiger partial charge in [0.05, 0.1) is 16.8 Å². The van der Waals surface area contributed by atoms with E-state index in [4.69, 9.17) is 0 Å². The van der Waals surface area contributed by atoms with Gasteiger partial charge in [0, 0.05) is 6.42 Å². The van der Waals surface area contributed by atoms with E-state index in [1.807, 2.05) is 0 Å². The maximum absolute atomic E-state index is 12.3. The van der Waals surface area contributed by atoms with Crippen molar-refractivity contribution < 1.29 is 27.9 Å². The number of hydrogen-bond donors (Lipinski definition) is 3. The third-order valence-corrected chi connectivity index (χ3v) is 3.94. The molecule has 1 aliphatic carbocycles. The lowest BCUT2D eigenvalue weighted by Crippen LogP contribution is -2.41. The Kier molecular flexibility index (Phi) is 4.82. The molecule has 126 valence electrons. The van der Waals surface area contributed by atoms with Gasteiger partial charge in [-0.25, -0.2) is 0 Å². The molecule has 0 radical (unpaired) electrons. The molecule has 0 saturated heterocycles. The van der Waals surface area contributed by atoms with Gasteiger partial charge in [-0.1, -0.05) is 18.6 Å². The van der Waals surface area contributed by atoms with Crippen LogP contribution in [0.25, 0.3) is 0 Å². The Morgan fingerprint density at radius 3 is 2.26 bits per heavy atom. The number of para-hydroxylation sites is 2. The van der Waals surface area contributed by atoms with E-state index in [-0.39, 0.29) is 17.8 Å². The summed E-state index contributed by atoms with van der Waals surface area (Å²) in [6, 6.07) is 5.99. The Morgan fingerprint density at radius 1 is 1.17 bits per heavy atom. The van der Waals surface area contributed by atoms with Crippen molar-refractivity contribution in [2.45, 2.75) is 31.9 Å². The molecule has 0 bridgehead atoms. The van der Waals surface area contributed by atoms with E-state index in [1.165, 1.54) is 12.1 Å². The highest BCUT2D eigenvalue weighted by Gasteiger charge is 2.45. The molecule has 1 amide bonds. The summed E-state index contributed by atoms with van der Waals surface area (Å²) in [6.07, 6.45) is -2.94. The zero-order valence-corrected chi connectivity index (χ0v) is 12.2. The smallest absolute Gasteiger partial charge is 0.405 e. The first-order valence-electron chi connectivity index (χ1n) is 7.15. The van der Waals surface area contributed by atoms with Crippen LogP contribution in [0.5, 0.6) is 0 Å². The van der Waals surface area contributed by atoms with Crippen LogP contribution in [0.1, 0.15) is 25.7 Å². The van der Waals surface area contributed by atoms with E-state index in [2.05, 4.69) is 10.6 Å². The predicted molar refractivity (Wildman–Crippen MR) is 78.2 cm³/mol. The van der Waals surface area contributed by atoms with Crippen LogP contribution in [0.2, 0.25) is 0 Å². The van der Waals surface area contributed by atoms with Crippen LogP contribution >= 0.6 is 0 Å². The summed E-state index contributed by atoms with van der Waals surface area (Å²) in [5.74, 6) is -1.53. The minimum Gasteiger partial charge on any atom is -0.481 e. The molecule has 1 aromatic carbocycles. The first-order valence-corrected chi connectivity index (χ1v) is 7.15. The Labute approximate surface area is 130 Å². The second kappa shape index (κ2) is 6.47. The van der Waals surface area contributed by atoms with Crippen LogP contribution in [0.3, 0.4) is 0 Å². The second-order valence-corrected chi connectivity index (χ2v) is 5.68. The third-order valence-electron chi connectivity index (χ3n) is 3.94. The average molecular weight is 330 g/mol. The second-order valence-electron chi connectivity index (χ2n) is 5.68. The molecule has 1 aromatic rings. The lowest BCUT2D eigenvalue weighted by Gasteiger charge is -2.36. The minimum absolute atomic E-state index is 0.135. The lowest BCUT2D eigenvalue weighted by atomic mass is 9.66. The van der Waals surface area contributed by atoms with Gasteiger partial charge in [-0.3, -0.25) is 9.59 Å². The molecule has 0 spiro atoms. The zero-order chi connectivity index (χ0) is 17.1. The first-order chi connectivity index (χ1) is 10.7. The van der Waals surface area contributed by atoms with Gasteiger partial charge >= 0.3 is 12.1 Å². The Balaban J connectivity index is 2.02. The first kappa shape index (κ1) is 17.1. The number of benzene rings is 1. The predicted octanol–water partition coefficient (Wildman–Crippen LogP) is 3.24. The molecule has 0 heterocycles. The van der Waals surface area contributed by atoms with Crippen LogP contribution in [0.4, 0.5) is 24.5 Å². The van der Waals surface area contributed by atoms with Gasteiger partial charge < -0.3 is 15.7 Å². The van der Waals surface area contributed by atoms with Gasteiger partial charge in [0.25, 0.3) is 0 Å². The number of alkyl halides is 3. The molecule has 1 aliphatic rings. The maximum atomic E-state index is 12.3. The third kappa shape index (κ3) is 4.37. The number of nitrogens with one attached hydrogen (secondary N) is 2. The van der Waals surface area contributed by atoms with Gasteiger partial charge in [0.1, 0.15) is 6.54 Å². The van der Waals surface area contributed by atoms with E-state index in [0.29, 0.717) is 12.8 Å². The summed E-state index contributed by atoms with van der Waals surface area (Å²) in [4.78, 5) is 23.3. The topological polar surface area (TPSA) is 78.4 Å². The Hall–Kier alpha value is -2.25. The van der Waals surface area contributed by atoms with E-state index in [9.17, 15) is 27.9 Å². The quantitative estimate of drug-likeness (QED) is 0.748. The van der Waals surface area contributed by atoms with Crippen molar-refractivity contribution in [3.8, 4) is 0 Å². The summed E-state index contributed by atoms with van der Waals surface area (Å²) < 4.78 is 36.9. The van der Waals surface area contributed by atoms with Gasteiger partial charge in [0.2, 0.25) is 5.91 Å². The normalized spacial score (nSPS) is 16.3. The Bertz CT molecular complexity index is 598. The molecule has 23 heavy (non-hydrogen) atoms. The summed E-state index contributed by atoms with van der Waals surface area (Å²) in [5.41, 5.74) is -0.712. The number of halogens is 3. The highest BCUT2D eigenvalue weighted by atomic mass is 19.4. The molecule has 0 atom stereocenters. The molecule has 0 aliphatic heterocycles. The summed E-state index contributed by atoms with van der Waals surface area (Å²) in [7, 11) is 0. The average Bonchev–Trinajstić information content (AvgIpc) is 2.40. The van der Waals surface area contributed by atoms with Crippen molar-refractivity contribution in [2.24, 2.45) is 5.41 Å². The van der Waals surface area contributed by atoms with E-state index < -0.39 is 30.0 Å². The standard InChI is InChI=1S/C15H17F3N2O3/c16-15(17,18)9-19-10-4-1-2-5-11(10)20-12(21)8-14(13(22)23)6-3-7-14/h1-2,4-5,19H,3,6-9H2,(H,20,21)(H,22,23). The molecule has 2 rings (SSSR count). The summed E-state index contributed by atoms with van der Waals surface area (Å²) in [5, 5.41) is 13.9. The van der Waals surface area contributed by atoms with Crippen LogP contribution in [0, 0.1) is 5.41 Å². The molecule has 5 nitrogen and oxygen atoms in total. The number of amides is 1. The summed E-state index contributed by atoms with van der Waals surface area (Å²) >= 11 is 0. The number of rotatable bonds is 6. The molecule has 1 saturated carbocycles. The number of aliphatic carboxylic acids is 1. The zero-order valence-electron chi connectivity index (χ0n) is 12.2. The fourth-order valence-electron chi connectivity index (χ4n) is 2.51. The fourth-order valence-corrected chi connectivity index (χ4v) is 2.51. The molecule has 1 fully saturated rings. The van der Waals surface area contributed by atoms with Gasteiger partial charge in [0.15, 0.2) is 0 Å². The molecular weight excluding hydrogens is 313 g/mol. The van der Waals surface area contributed by atoms with Crippen molar-refractivity contribution in [1.29, 1.82) is 0 Å². The molecular formula is C15H17F3N2O3. The SMILES string of the molecule is O=C(CC1(C(=O)O)CCC1)Nc1ccccc1NCC(F)(F)F. The number of carboxylic acid groups (broad SMARTS) is 1. The number of hydrogen-bond acceptors (Lipinski definition) is 3. The van der Waals surface area contributed by atoms with Crippen LogP contribution < -0.4 is 10.6 Å². The number of carbonyl (C=O) groups is 2. The van der Waals surface area contributed by atoms with Crippen LogP contribution in [-0.4, -0.2) is 29.7 Å². The monoisotopic (exact) mass is 330 g/mol. The van der Waals surface area contributed by atoms with Crippen molar-refractivity contribution in [2.75, 3.05) is 17.2 Å². The van der Waals surface area contributed by atoms with Gasteiger partial charge in [-0.15, -0.1) is 0 Å². The highest BCUT2D eigenvalue weighted by Crippen LogP contribution is 2.44.